The number of nitrogens with one attached hydrogen (secondary N) is 1. The fourth-order valence-corrected chi connectivity index (χ4v) is 4.09. The van der Waals surface area contributed by atoms with E-state index >= 15 is 0 Å². The largest absolute Gasteiger partial charge is 0.314 e. The van der Waals surface area contributed by atoms with Crippen LogP contribution in [0.4, 0.5) is 0 Å². The molecule has 2 fully saturated rings. The van der Waals surface area contributed by atoms with Crippen molar-refractivity contribution in [1.29, 1.82) is 0 Å². The van der Waals surface area contributed by atoms with Gasteiger partial charge in [0, 0.05) is 18.6 Å². The molecule has 0 aromatic heterocycles. The molecule has 2 heteroatoms. The number of nitrogens with zero attached hydrogens (tertiary/aromatic N) is 1. The number of piperidine rings is 1. The molecule has 1 aliphatic carbocycles. The highest BCUT2D eigenvalue weighted by atomic mass is 15.2. The molecule has 1 saturated carbocycles. The van der Waals surface area contributed by atoms with E-state index in [1.165, 1.54) is 45.2 Å². The normalized spacial score (nSPS) is 37.0. The lowest BCUT2D eigenvalue weighted by atomic mass is 9.83. The van der Waals surface area contributed by atoms with Gasteiger partial charge in [-0.3, -0.25) is 4.90 Å². The predicted molar refractivity (Wildman–Crippen MR) is 78.9 cm³/mol. The lowest BCUT2D eigenvalue weighted by Crippen LogP contribution is -2.55. The van der Waals surface area contributed by atoms with Gasteiger partial charge in [-0.1, -0.05) is 33.6 Å². The first-order valence-electron chi connectivity index (χ1n) is 8.03. The monoisotopic (exact) mass is 252 g/mol. The first kappa shape index (κ1) is 14.3. The molecule has 1 aliphatic heterocycles. The van der Waals surface area contributed by atoms with E-state index in [0.29, 0.717) is 5.41 Å². The zero-order valence-electron chi connectivity index (χ0n) is 12.8. The molecule has 1 heterocycles. The minimum absolute atomic E-state index is 0.610. The van der Waals surface area contributed by atoms with Crippen molar-refractivity contribution in [1.82, 2.24) is 10.2 Å². The van der Waals surface area contributed by atoms with Crippen LogP contribution in [0.1, 0.15) is 59.8 Å². The van der Waals surface area contributed by atoms with Crippen molar-refractivity contribution >= 4 is 0 Å². The van der Waals surface area contributed by atoms with Crippen molar-refractivity contribution in [3.8, 4) is 0 Å². The third kappa shape index (κ3) is 3.08. The fraction of sp³-hybridized carbons (Fsp3) is 1.00. The Morgan fingerprint density at radius 3 is 2.50 bits per heavy atom. The third-order valence-corrected chi connectivity index (χ3v) is 5.56. The molecule has 1 saturated heterocycles. The first-order valence-corrected chi connectivity index (χ1v) is 8.03. The van der Waals surface area contributed by atoms with Gasteiger partial charge in [0.15, 0.2) is 0 Å². The molecule has 0 aromatic carbocycles. The van der Waals surface area contributed by atoms with E-state index in [1.54, 1.807) is 0 Å². The van der Waals surface area contributed by atoms with Crippen LogP contribution in [-0.2, 0) is 0 Å². The highest BCUT2D eigenvalue weighted by Crippen LogP contribution is 2.39. The molecule has 18 heavy (non-hydrogen) atoms. The van der Waals surface area contributed by atoms with Crippen LogP contribution < -0.4 is 5.32 Å². The standard InChI is InChI=1S/C16H32N2/c1-5-17-15-8-11-18(14(3)13(15)2)12-16(4)9-6-7-10-16/h13-15,17H,5-12H2,1-4H3. The second-order valence-electron chi connectivity index (χ2n) is 7.04. The molecule has 0 amide bonds. The van der Waals surface area contributed by atoms with Crippen molar-refractivity contribution in [2.24, 2.45) is 11.3 Å². The van der Waals surface area contributed by atoms with Gasteiger partial charge in [-0.05, 0) is 50.6 Å². The Hall–Kier alpha value is -0.0800. The van der Waals surface area contributed by atoms with Gasteiger partial charge in [-0.15, -0.1) is 0 Å². The maximum absolute atomic E-state index is 3.66. The molecule has 2 rings (SSSR count). The number of hydrogen-bond acceptors (Lipinski definition) is 2. The summed E-state index contributed by atoms with van der Waals surface area (Å²) in [6.07, 6.45) is 7.13. The maximum atomic E-state index is 3.66. The summed E-state index contributed by atoms with van der Waals surface area (Å²) >= 11 is 0. The molecule has 3 atom stereocenters. The second-order valence-corrected chi connectivity index (χ2v) is 7.04. The van der Waals surface area contributed by atoms with Crippen LogP contribution in [-0.4, -0.2) is 36.6 Å². The van der Waals surface area contributed by atoms with Gasteiger partial charge < -0.3 is 5.32 Å². The summed E-state index contributed by atoms with van der Waals surface area (Å²) < 4.78 is 0. The van der Waals surface area contributed by atoms with E-state index < -0.39 is 0 Å². The smallest absolute Gasteiger partial charge is 0.0120 e. The van der Waals surface area contributed by atoms with Crippen LogP contribution in [0.2, 0.25) is 0 Å². The van der Waals surface area contributed by atoms with Gasteiger partial charge >= 0.3 is 0 Å². The van der Waals surface area contributed by atoms with E-state index in [2.05, 4.69) is 37.9 Å². The topological polar surface area (TPSA) is 15.3 Å². The summed E-state index contributed by atoms with van der Waals surface area (Å²) in [5, 5.41) is 3.66. The zero-order valence-corrected chi connectivity index (χ0v) is 12.8. The highest BCUT2D eigenvalue weighted by Gasteiger charge is 2.37. The van der Waals surface area contributed by atoms with Crippen LogP contribution in [0, 0.1) is 11.3 Å². The van der Waals surface area contributed by atoms with Gasteiger partial charge in [0.2, 0.25) is 0 Å². The van der Waals surface area contributed by atoms with Gasteiger partial charge in [0.05, 0.1) is 0 Å². The molecule has 3 unspecified atom stereocenters. The molecule has 2 aliphatic rings. The van der Waals surface area contributed by atoms with Crippen molar-refractivity contribution in [2.45, 2.75) is 71.9 Å². The molecule has 106 valence electrons. The van der Waals surface area contributed by atoms with E-state index in [0.717, 1.165) is 24.5 Å². The van der Waals surface area contributed by atoms with Gasteiger partial charge in [0.25, 0.3) is 0 Å². The molecule has 0 spiro atoms. The lowest BCUT2D eigenvalue weighted by molar-refractivity contribution is 0.0489. The van der Waals surface area contributed by atoms with Gasteiger partial charge in [-0.2, -0.15) is 0 Å². The van der Waals surface area contributed by atoms with Crippen LogP contribution >= 0.6 is 0 Å². The fourth-order valence-electron chi connectivity index (χ4n) is 4.09. The molecule has 0 aromatic rings. The van der Waals surface area contributed by atoms with E-state index in [1.807, 2.05) is 0 Å². The van der Waals surface area contributed by atoms with E-state index in [9.17, 15) is 0 Å². The van der Waals surface area contributed by atoms with Crippen molar-refractivity contribution in [3.05, 3.63) is 0 Å². The average Bonchev–Trinajstić information content (AvgIpc) is 2.76. The van der Waals surface area contributed by atoms with E-state index in [4.69, 9.17) is 0 Å². The SMILES string of the molecule is CCNC1CCN(CC2(C)CCCC2)C(C)C1C. The molecule has 2 nitrogen and oxygen atoms in total. The summed E-state index contributed by atoms with van der Waals surface area (Å²) in [4.78, 5) is 2.77. The Morgan fingerprint density at radius 2 is 1.89 bits per heavy atom. The Kier molecular flexibility index (Phi) is 4.71. The lowest BCUT2D eigenvalue weighted by Gasteiger charge is -2.46. The highest BCUT2D eigenvalue weighted by molar-refractivity contribution is 4.92. The Bertz CT molecular complexity index is 258. The number of likely N-dealkylation sites (tertiary alicyclic amines) is 1. The van der Waals surface area contributed by atoms with E-state index in [-0.39, 0.29) is 0 Å². The quantitative estimate of drug-likeness (QED) is 0.826. The Morgan fingerprint density at radius 1 is 1.22 bits per heavy atom. The summed E-state index contributed by atoms with van der Waals surface area (Å²) in [6, 6.07) is 1.47. The molecule has 0 bridgehead atoms. The summed E-state index contributed by atoms with van der Waals surface area (Å²) in [6.45, 7) is 13.3. The second kappa shape index (κ2) is 5.92. The van der Waals surface area contributed by atoms with Crippen LogP contribution in [0.5, 0.6) is 0 Å². The molecular weight excluding hydrogens is 220 g/mol. The zero-order chi connectivity index (χ0) is 13.2. The summed E-state index contributed by atoms with van der Waals surface area (Å²) in [5.41, 5.74) is 0.610. The van der Waals surface area contributed by atoms with Crippen LogP contribution in [0.25, 0.3) is 0 Å². The summed E-state index contributed by atoms with van der Waals surface area (Å²) in [5.74, 6) is 0.781. The van der Waals surface area contributed by atoms with Crippen molar-refractivity contribution < 1.29 is 0 Å². The minimum Gasteiger partial charge on any atom is -0.314 e. The van der Waals surface area contributed by atoms with Crippen LogP contribution in [0.15, 0.2) is 0 Å². The van der Waals surface area contributed by atoms with Gasteiger partial charge in [-0.25, -0.2) is 0 Å². The van der Waals surface area contributed by atoms with Gasteiger partial charge in [0.1, 0.15) is 0 Å². The predicted octanol–water partition coefficient (Wildman–Crippen LogP) is 3.28. The number of rotatable bonds is 4. The first-order chi connectivity index (χ1) is 8.56. The average molecular weight is 252 g/mol. The number of hydrogen-bond donors (Lipinski definition) is 1. The minimum atomic E-state index is 0.610. The maximum Gasteiger partial charge on any atom is 0.0120 e. The van der Waals surface area contributed by atoms with Crippen LogP contribution in [0.3, 0.4) is 0 Å². The summed E-state index contributed by atoms with van der Waals surface area (Å²) in [7, 11) is 0. The van der Waals surface area contributed by atoms with Crippen molar-refractivity contribution in [3.63, 3.8) is 0 Å². The Labute approximate surface area is 114 Å². The van der Waals surface area contributed by atoms with Crippen molar-refractivity contribution in [2.75, 3.05) is 19.6 Å². The molecule has 1 N–H and O–H groups in total. The Balaban J connectivity index is 1.91. The third-order valence-electron chi connectivity index (χ3n) is 5.56. The molecule has 0 radical (unpaired) electrons. The molecular formula is C16H32N2.